The molecule has 1 aliphatic carbocycles. The summed E-state index contributed by atoms with van der Waals surface area (Å²) in [4.78, 5) is 0. The SMILES string of the molecule is C=CNC1CCC(S)CC1.CCCCC. The Bertz CT molecular complexity index is 137. The van der Waals surface area contributed by atoms with Crippen molar-refractivity contribution in [2.45, 2.75) is 70.1 Å². The summed E-state index contributed by atoms with van der Waals surface area (Å²) in [7, 11) is 0. The van der Waals surface area contributed by atoms with Crippen molar-refractivity contribution >= 4 is 12.6 Å². The monoisotopic (exact) mass is 229 g/mol. The first kappa shape index (κ1) is 14.9. The third kappa shape index (κ3) is 8.86. The molecule has 1 aliphatic rings. The van der Waals surface area contributed by atoms with Crippen molar-refractivity contribution < 1.29 is 0 Å². The third-order valence-corrected chi connectivity index (χ3v) is 3.27. The standard InChI is InChI=1S/C8H15NS.C5H12/c1-2-9-7-3-5-8(10)6-4-7;1-3-5-4-2/h2,7-10H,1,3-6H2;3-5H2,1-2H3. The first-order valence-corrected chi connectivity index (χ1v) is 6.81. The zero-order chi connectivity index (χ0) is 11.5. The zero-order valence-corrected chi connectivity index (χ0v) is 11.2. The molecule has 0 heterocycles. The lowest BCUT2D eigenvalue weighted by Gasteiger charge is -2.25. The summed E-state index contributed by atoms with van der Waals surface area (Å²) >= 11 is 4.42. The van der Waals surface area contributed by atoms with Crippen molar-refractivity contribution in [3.63, 3.8) is 0 Å². The summed E-state index contributed by atoms with van der Waals surface area (Å²) in [6.07, 6.45) is 10.9. The van der Waals surface area contributed by atoms with E-state index in [0.29, 0.717) is 11.3 Å². The number of unbranched alkanes of at least 4 members (excludes halogenated alkanes) is 2. The Kier molecular flexibility index (Phi) is 10.3. The average Bonchev–Trinajstić information content (AvgIpc) is 2.24. The van der Waals surface area contributed by atoms with Gasteiger partial charge in [0.05, 0.1) is 0 Å². The van der Waals surface area contributed by atoms with Gasteiger partial charge < -0.3 is 5.32 Å². The van der Waals surface area contributed by atoms with Gasteiger partial charge in [-0.3, -0.25) is 0 Å². The van der Waals surface area contributed by atoms with Crippen LogP contribution >= 0.6 is 12.6 Å². The van der Waals surface area contributed by atoms with Crippen molar-refractivity contribution in [2.75, 3.05) is 0 Å². The van der Waals surface area contributed by atoms with Crippen LogP contribution in [0, 0.1) is 0 Å². The van der Waals surface area contributed by atoms with E-state index in [0.717, 1.165) is 0 Å². The topological polar surface area (TPSA) is 12.0 Å². The molecule has 1 N–H and O–H groups in total. The van der Waals surface area contributed by atoms with E-state index < -0.39 is 0 Å². The fourth-order valence-corrected chi connectivity index (χ4v) is 2.06. The Morgan fingerprint density at radius 3 is 2.07 bits per heavy atom. The van der Waals surface area contributed by atoms with E-state index in [9.17, 15) is 0 Å². The molecule has 0 radical (unpaired) electrons. The lowest BCUT2D eigenvalue weighted by molar-refractivity contribution is 0.413. The van der Waals surface area contributed by atoms with Crippen LogP contribution in [-0.4, -0.2) is 11.3 Å². The molecule has 1 nitrogen and oxygen atoms in total. The van der Waals surface area contributed by atoms with Crippen LogP contribution in [0.25, 0.3) is 0 Å². The second-order valence-electron chi connectivity index (χ2n) is 4.23. The molecule has 0 aromatic carbocycles. The Labute approximate surface area is 101 Å². The van der Waals surface area contributed by atoms with Crippen molar-refractivity contribution in [3.8, 4) is 0 Å². The Morgan fingerprint density at radius 1 is 1.20 bits per heavy atom. The lowest BCUT2D eigenvalue weighted by Crippen LogP contribution is -2.29. The Hall–Kier alpha value is -0.110. The van der Waals surface area contributed by atoms with Crippen LogP contribution in [0.1, 0.15) is 58.8 Å². The summed E-state index contributed by atoms with van der Waals surface area (Å²) in [5.41, 5.74) is 0. The largest absolute Gasteiger partial charge is 0.389 e. The van der Waals surface area contributed by atoms with Gasteiger partial charge in [0.1, 0.15) is 0 Å². The molecule has 15 heavy (non-hydrogen) atoms. The maximum absolute atomic E-state index is 4.42. The summed E-state index contributed by atoms with van der Waals surface area (Å²) in [6.45, 7) is 8.07. The second kappa shape index (κ2) is 10.4. The number of nitrogens with one attached hydrogen (secondary N) is 1. The average molecular weight is 229 g/mol. The van der Waals surface area contributed by atoms with Crippen molar-refractivity contribution in [1.29, 1.82) is 0 Å². The van der Waals surface area contributed by atoms with E-state index in [1.54, 1.807) is 6.20 Å². The third-order valence-electron chi connectivity index (χ3n) is 2.76. The molecule has 2 heteroatoms. The van der Waals surface area contributed by atoms with Gasteiger partial charge in [-0.1, -0.05) is 39.7 Å². The minimum Gasteiger partial charge on any atom is -0.389 e. The van der Waals surface area contributed by atoms with Crippen LogP contribution in [0.3, 0.4) is 0 Å². The molecule has 0 amide bonds. The first-order chi connectivity index (χ1) is 7.24. The summed E-state index contributed by atoms with van der Waals surface area (Å²) in [5, 5.41) is 3.88. The van der Waals surface area contributed by atoms with Crippen LogP contribution < -0.4 is 5.32 Å². The summed E-state index contributed by atoms with van der Waals surface area (Å²) in [5.74, 6) is 0. The number of hydrogen-bond donors (Lipinski definition) is 2. The van der Waals surface area contributed by atoms with Crippen molar-refractivity contribution in [2.24, 2.45) is 0 Å². The molecule has 0 unspecified atom stereocenters. The minimum atomic E-state index is 0.642. The van der Waals surface area contributed by atoms with E-state index in [1.165, 1.54) is 44.9 Å². The summed E-state index contributed by atoms with van der Waals surface area (Å²) in [6, 6.07) is 0.667. The fraction of sp³-hybridized carbons (Fsp3) is 0.846. The smallest absolute Gasteiger partial charge is 0.0256 e. The molecule has 0 aromatic heterocycles. The van der Waals surface area contributed by atoms with Gasteiger partial charge in [0.15, 0.2) is 0 Å². The molecule has 0 spiro atoms. The van der Waals surface area contributed by atoms with E-state index >= 15 is 0 Å². The van der Waals surface area contributed by atoms with E-state index in [-0.39, 0.29) is 0 Å². The molecular weight excluding hydrogens is 202 g/mol. The van der Waals surface area contributed by atoms with Crippen LogP contribution in [0.2, 0.25) is 0 Å². The predicted octanol–water partition coefficient (Wildman–Crippen LogP) is 4.16. The molecule has 0 aromatic rings. The van der Waals surface area contributed by atoms with Crippen molar-refractivity contribution in [1.82, 2.24) is 5.32 Å². The van der Waals surface area contributed by atoms with Gasteiger partial charge in [-0.2, -0.15) is 12.6 Å². The lowest BCUT2D eigenvalue weighted by atomic mass is 9.95. The van der Waals surface area contributed by atoms with Gasteiger partial charge in [-0.15, -0.1) is 0 Å². The molecule has 0 atom stereocenters. The molecule has 1 saturated carbocycles. The van der Waals surface area contributed by atoms with Gasteiger partial charge in [-0.05, 0) is 31.9 Å². The van der Waals surface area contributed by atoms with Crippen LogP contribution in [0.15, 0.2) is 12.8 Å². The van der Waals surface area contributed by atoms with Gasteiger partial charge in [0.25, 0.3) is 0 Å². The summed E-state index contributed by atoms with van der Waals surface area (Å²) < 4.78 is 0. The quantitative estimate of drug-likeness (QED) is 0.690. The maximum Gasteiger partial charge on any atom is 0.0256 e. The number of rotatable bonds is 4. The number of thiol groups is 1. The maximum atomic E-state index is 4.42. The van der Waals surface area contributed by atoms with Gasteiger partial charge in [0.2, 0.25) is 0 Å². The second-order valence-corrected chi connectivity index (χ2v) is 4.96. The van der Waals surface area contributed by atoms with Gasteiger partial charge in [0, 0.05) is 11.3 Å². The Morgan fingerprint density at radius 2 is 1.73 bits per heavy atom. The first-order valence-electron chi connectivity index (χ1n) is 6.29. The van der Waals surface area contributed by atoms with Crippen LogP contribution in [0.5, 0.6) is 0 Å². The van der Waals surface area contributed by atoms with Crippen molar-refractivity contribution in [3.05, 3.63) is 12.8 Å². The highest BCUT2D eigenvalue weighted by Crippen LogP contribution is 2.22. The fourth-order valence-electron chi connectivity index (χ4n) is 1.76. The van der Waals surface area contributed by atoms with E-state index in [2.05, 4.69) is 38.4 Å². The molecule has 0 aliphatic heterocycles. The molecule has 1 fully saturated rings. The Balaban J connectivity index is 0.000000336. The normalized spacial score (nSPS) is 25.0. The highest BCUT2D eigenvalue weighted by Gasteiger charge is 2.16. The van der Waals surface area contributed by atoms with Gasteiger partial charge in [-0.25, -0.2) is 0 Å². The van der Waals surface area contributed by atoms with Crippen LogP contribution in [-0.2, 0) is 0 Å². The number of hydrogen-bond acceptors (Lipinski definition) is 2. The van der Waals surface area contributed by atoms with Crippen LogP contribution in [0.4, 0.5) is 0 Å². The molecule has 0 saturated heterocycles. The molecule has 90 valence electrons. The van der Waals surface area contributed by atoms with E-state index in [1.807, 2.05) is 0 Å². The highest BCUT2D eigenvalue weighted by atomic mass is 32.1. The highest BCUT2D eigenvalue weighted by molar-refractivity contribution is 7.80. The van der Waals surface area contributed by atoms with Gasteiger partial charge >= 0.3 is 0 Å². The molecular formula is C13H27NS. The predicted molar refractivity (Wildman–Crippen MR) is 73.6 cm³/mol. The van der Waals surface area contributed by atoms with E-state index in [4.69, 9.17) is 0 Å². The molecule has 1 rings (SSSR count). The zero-order valence-electron chi connectivity index (χ0n) is 10.3. The minimum absolute atomic E-state index is 0.642. The molecule has 0 bridgehead atoms.